The first-order chi connectivity index (χ1) is 7.75. The van der Waals surface area contributed by atoms with E-state index in [-0.39, 0.29) is 5.75 Å². The van der Waals surface area contributed by atoms with E-state index in [0.29, 0.717) is 11.5 Å². The fourth-order valence-electron chi connectivity index (χ4n) is 1.24. The van der Waals surface area contributed by atoms with Crippen LogP contribution in [0.1, 0.15) is 0 Å². The van der Waals surface area contributed by atoms with Crippen LogP contribution >= 0.6 is 0 Å². The second kappa shape index (κ2) is 4.61. The summed E-state index contributed by atoms with van der Waals surface area (Å²) in [6.07, 6.45) is 1.55. The summed E-state index contributed by atoms with van der Waals surface area (Å²) in [6.45, 7) is -2.84. The quantitative estimate of drug-likeness (QED) is 0.841. The number of halogens is 2. The molecular formula is C10H9F2N3O. The van der Waals surface area contributed by atoms with Gasteiger partial charge in [-0.3, -0.25) is 5.10 Å². The molecule has 1 heterocycles. The van der Waals surface area contributed by atoms with Crippen molar-refractivity contribution < 1.29 is 13.5 Å². The Balaban J connectivity index is 2.19. The molecule has 0 spiro atoms. The summed E-state index contributed by atoms with van der Waals surface area (Å²) < 4.78 is 28.6. The molecule has 0 amide bonds. The fraction of sp³-hybridized carbons (Fsp3) is 0.100. The highest BCUT2D eigenvalue weighted by Crippen LogP contribution is 2.27. The summed E-state index contributed by atoms with van der Waals surface area (Å²) in [5.74, 6) is 0.692. The largest absolute Gasteiger partial charge is 0.433 e. The number of hydrogen-bond donors (Lipinski definition) is 2. The molecule has 4 nitrogen and oxygen atoms in total. The summed E-state index contributed by atoms with van der Waals surface area (Å²) in [4.78, 5) is 0. The van der Waals surface area contributed by atoms with Crippen LogP contribution in [0.25, 0.3) is 0 Å². The molecule has 0 aliphatic carbocycles. The predicted octanol–water partition coefficient (Wildman–Crippen LogP) is 2.75. The molecule has 0 unspecified atom stereocenters. The molecule has 0 saturated heterocycles. The van der Waals surface area contributed by atoms with Gasteiger partial charge in [0.2, 0.25) is 0 Å². The Morgan fingerprint density at radius 2 is 2.06 bits per heavy atom. The monoisotopic (exact) mass is 225 g/mol. The first kappa shape index (κ1) is 10.4. The van der Waals surface area contributed by atoms with Crippen molar-refractivity contribution in [3.8, 4) is 5.75 Å². The lowest BCUT2D eigenvalue weighted by Crippen LogP contribution is -2.04. The van der Waals surface area contributed by atoms with E-state index >= 15 is 0 Å². The van der Waals surface area contributed by atoms with E-state index in [9.17, 15) is 8.78 Å². The second-order valence-corrected chi connectivity index (χ2v) is 2.97. The Bertz CT molecular complexity index is 445. The van der Waals surface area contributed by atoms with Crippen LogP contribution in [-0.2, 0) is 0 Å². The van der Waals surface area contributed by atoms with Gasteiger partial charge in [-0.2, -0.15) is 13.9 Å². The summed E-state index contributed by atoms with van der Waals surface area (Å²) >= 11 is 0. The molecule has 16 heavy (non-hydrogen) atoms. The molecule has 6 heteroatoms. The minimum Gasteiger partial charge on any atom is -0.433 e. The second-order valence-electron chi connectivity index (χ2n) is 2.97. The number of H-pyrrole nitrogens is 1. The van der Waals surface area contributed by atoms with Gasteiger partial charge < -0.3 is 10.1 Å². The van der Waals surface area contributed by atoms with E-state index in [1.807, 2.05) is 0 Å². The minimum absolute atomic E-state index is 0.0899. The van der Waals surface area contributed by atoms with Crippen molar-refractivity contribution in [1.29, 1.82) is 0 Å². The summed E-state index contributed by atoms with van der Waals surface area (Å²) in [7, 11) is 0. The van der Waals surface area contributed by atoms with E-state index in [0.717, 1.165) is 0 Å². The van der Waals surface area contributed by atoms with Gasteiger partial charge in [0, 0.05) is 6.07 Å². The zero-order chi connectivity index (χ0) is 11.4. The van der Waals surface area contributed by atoms with E-state index < -0.39 is 6.61 Å². The standard InChI is InChI=1S/C10H9F2N3O/c11-10(12)16-8-4-2-1-3-7(8)14-9-5-6-13-15-9/h1-6,10H,(H2,13,14,15). The van der Waals surface area contributed by atoms with Crippen molar-refractivity contribution in [3.63, 3.8) is 0 Å². The Hall–Kier alpha value is -2.11. The highest BCUT2D eigenvalue weighted by atomic mass is 19.3. The number of nitrogens with one attached hydrogen (secondary N) is 2. The van der Waals surface area contributed by atoms with Gasteiger partial charge in [-0.15, -0.1) is 0 Å². The first-order valence-electron chi connectivity index (χ1n) is 4.56. The number of nitrogens with zero attached hydrogens (tertiary/aromatic N) is 1. The van der Waals surface area contributed by atoms with Crippen molar-refractivity contribution in [2.75, 3.05) is 5.32 Å². The zero-order valence-electron chi connectivity index (χ0n) is 8.15. The molecule has 0 bridgehead atoms. The van der Waals surface area contributed by atoms with Crippen LogP contribution in [0.4, 0.5) is 20.3 Å². The van der Waals surface area contributed by atoms with E-state index in [2.05, 4.69) is 20.3 Å². The Kier molecular flexibility index (Phi) is 3.00. The summed E-state index contributed by atoms with van der Waals surface area (Å²) in [5, 5.41) is 9.28. The Morgan fingerprint density at radius 1 is 1.25 bits per heavy atom. The van der Waals surface area contributed by atoms with Gasteiger partial charge in [0.05, 0.1) is 11.9 Å². The molecule has 0 aliphatic rings. The molecule has 2 rings (SSSR count). The highest BCUT2D eigenvalue weighted by Gasteiger charge is 2.09. The van der Waals surface area contributed by atoms with Crippen LogP contribution in [0.5, 0.6) is 5.75 Å². The fourth-order valence-corrected chi connectivity index (χ4v) is 1.24. The van der Waals surface area contributed by atoms with Crippen LogP contribution in [0, 0.1) is 0 Å². The minimum atomic E-state index is -2.84. The third-order valence-corrected chi connectivity index (χ3v) is 1.87. The maximum atomic E-state index is 12.1. The van der Waals surface area contributed by atoms with Gasteiger partial charge in [-0.05, 0) is 12.1 Å². The lowest BCUT2D eigenvalue weighted by atomic mass is 10.3. The number of rotatable bonds is 4. The molecule has 2 N–H and O–H groups in total. The molecule has 0 saturated carbocycles. The molecule has 1 aromatic heterocycles. The molecule has 0 fully saturated rings. The lowest BCUT2D eigenvalue weighted by Gasteiger charge is -2.10. The number of para-hydroxylation sites is 2. The van der Waals surface area contributed by atoms with Gasteiger partial charge >= 0.3 is 6.61 Å². The van der Waals surface area contributed by atoms with Crippen molar-refractivity contribution in [3.05, 3.63) is 36.5 Å². The average Bonchev–Trinajstić information content (AvgIpc) is 2.73. The van der Waals surface area contributed by atoms with Gasteiger partial charge in [0.1, 0.15) is 11.6 Å². The van der Waals surface area contributed by atoms with E-state index in [1.54, 1.807) is 30.5 Å². The maximum Gasteiger partial charge on any atom is 0.387 e. The van der Waals surface area contributed by atoms with Crippen LogP contribution in [0.3, 0.4) is 0 Å². The molecule has 1 aromatic carbocycles. The predicted molar refractivity (Wildman–Crippen MR) is 54.9 cm³/mol. The third-order valence-electron chi connectivity index (χ3n) is 1.87. The van der Waals surface area contributed by atoms with Crippen LogP contribution in [-0.4, -0.2) is 16.8 Å². The number of ether oxygens (including phenoxy) is 1. The van der Waals surface area contributed by atoms with Gasteiger partial charge in [-0.1, -0.05) is 12.1 Å². The Morgan fingerprint density at radius 3 is 2.75 bits per heavy atom. The van der Waals surface area contributed by atoms with Crippen LogP contribution in [0.15, 0.2) is 36.5 Å². The van der Waals surface area contributed by atoms with Gasteiger partial charge in [-0.25, -0.2) is 0 Å². The average molecular weight is 225 g/mol. The molecule has 0 atom stereocenters. The number of aromatic nitrogens is 2. The number of anilines is 2. The number of alkyl halides is 2. The van der Waals surface area contributed by atoms with Crippen molar-refractivity contribution in [2.24, 2.45) is 0 Å². The Labute approximate surface area is 90.2 Å². The summed E-state index contributed by atoms with van der Waals surface area (Å²) in [6, 6.07) is 8.12. The van der Waals surface area contributed by atoms with Crippen LogP contribution in [0.2, 0.25) is 0 Å². The van der Waals surface area contributed by atoms with Gasteiger partial charge in [0.15, 0.2) is 0 Å². The smallest absolute Gasteiger partial charge is 0.387 e. The third kappa shape index (κ3) is 2.47. The summed E-state index contributed by atoms with van der Waals surface area (Å²) in [5.41, 5.74) is 0.451. The number of aromatic amines is 1. The topological polar surface area (TPSA) is 49.9 Å². The number of benzene rings is 1. The lowest BCUT2D eigenvalue weighted by molar-refractivity contribution is -0.0493. The first-order valence-corrected chi connectivity index (χ1v) is 4.56. The molecule has 2 aromatic rings. The SMILES string of the molecule is FC(F)Oc1ccccc1Nc1ccn[nH]1. The zero-order valence-corrected chi connectivity index (χ0v) is 8.15. The molecule has 84 valence electrons. The molecule has 0 aliphatic heterocycles. The number of hydrogen-bond acceptors (Lipinski definition) is 3. The highest BCUT2D eigenvalue weighted by molar-refractivity contribution is 5.63. The van der Waals surface area contributed by atoms with E-state index in [1.165, 1.54) is 6.07 Å². The van der Waals surface area contributed by atoms with E-state index in [4.69, 9.17) is 0 Å². The van der Waals surface area contributed by atoms with Gasteiger partial charge in [0.25, 0.3) is 0 Å². The van der Waals surface area contributed by atoms with Crippen LogP contribution < -0.4 is 10.1 Å². The van der Waals surface area contributed by atoms with Crippen molar-refractivity contribution >= 4 is 11.5 Å². The normalized spacial score (nSPS) is 10.4. The molecular weight excluding hydrogens is 216 g/mol. The molecule has 0 radical (unpaired) electrons. The van der Waals surface area contributed by atoms with Crippen molar-refractivity contribution in [1.82, 2.24) is 10.2 Å². The van der Waals surface area contributed by atoms with Crippen molar-refractivity contribution in [2.45, 2.75) is 6.61 Å². The maximum absolute atomic E-state index is 12.1.